The number of carbonyl (C=O) groups is 2. The normalized spacial score (nSPS) is 11.2. The predicted octanol–water partition coefficient (Wildman–Crippen LogP) is 4.89. The lowest BCUT2D eigenvalue weighted by atomic mass is 10.1. The van der Waals surface area contributed by atoms with Gasteiger partial charge in [-0.05, 0) is 43.5 Å². The monoisotopic (exact) mass is 473 g/mol. The van der Waals surface area contributed by atoms with Crippen LogP contribution in [0.1, 0.15) is 27.3 Å². The molecule has 7 nitrogen and oxygen atoms in total. The summed E-state index contributed by atoms with van der Waals surface area (Å²) < 4.78 is 13.9. The number of rotatable bonds is 9. The van der Waals surface area contributed by atoms with E-state index in [0.717, 1.165) is 64.7 Å². The van der Waals surface area contributed by atoms with E-state index in [1.54, 1.807) is 22.7 Å². The van der Waals surface area contributed by atoms with Crippen molar-refractivity contribution in [3.05, 3.63) is 39.2 Å². The van der Waals surface area contributed by atoms with Crippen LogP contribution in [0.25, 0.3) is 32.0 Å². The lowest BCUT2D eigenvalue weighted by molar-refractivity contribution is -0.137. The number of aromatic nitrogens is 3. The van der Waals surface area contributed by atoms with Crippen LogP contribution < -0.4 is 0 Å². The van der Waals surface area contributed by atoms with Gasteiger partial charge >= 0.3 is 5.97 Å². The van der Waals surface area contributed by atoms with Crippen molar-refractivity contribution in [3.63, 3.8) is 0 Å². The fourth-order valence-electron chi connectivity index (χ4n) is 3.38. The topological polar surface area (TPSA) is 102 Å². The average molecular weight is 474 g/mol. The van der Waals surface area contributed by atoms with Crippen LogP contribution in [-0.2, 0) is 27.2 Å². The third kappa shape index (κ3) is 4.51. The first-order valence-electron chi connectivity index (χ1n) is 9.55. The van der Waals surface area contributed by atoms with Gasteiger partial charge in [0.1, 0.15) is 16.7 Å². The molecule has 4 aromatic heterocycles. The Balaban J connectivity index is 1.69. The number of aryl methyl sites for hydroxylation is 3. The van der Waals surface area contributed by atoms with E-state index in [-0.39, 0.29) is 6.42 Å². The molecular formula is C21H19N3O4S3. The van der Waals surface area contributed by atoms with Crippen LogP contribution in [0.4, 0.5) is 0 Å². The number of thiophene rings is 2. The van der Waals surface area contributed by atoms with Crippen molar-refractivity contribution in [2.45, 2.75) is 33.1 Å². The van der Waals surface area contributed by atoms with E-state index >= 15 is 0 Å². The van der Waals surface area contributed by atoms with Crippen LogP contribution in [-0.4, -0.2) is 37.9 Å². The van der Waals surface area contributed by atoms with Gasteiger partial charge in [-0.3, -0.25) is 14.6 Å². The molecule has 0 unspecified atom stereocenters. The first-order chi connectivity index (χ1) is 15.0. The molecule has 0 aliphatic heterocycles. The Labute approximate surface area is 190 Å². The fraction of sp³-hybridized carbons (Fsp3) is 0.286. The predicted molar refractivity (Wildman–Crippen MR) is 123 cm³/mol. The van der Waals surface area contributed by atoms with E-state index in [0.29, 0.717) is 25.9 Å². The number of nitrogens with zero attached hydrogens (tertiary/aromatic N) is 3. The van der Waals surface area contributed by atoms with Gasteiger partial charge in [0.25, 0.3) is 6.47 Å². The summed E-state index contributed by atoms with van der Waals surface area (Å²) in [6.07, 6.45) is 3.10. The quantitative estimate of drug-likeness (QED) is 0.273. The Morgan fingerprint density at radius 2 is 1.74 bits per heavy atom. The van der Waals surface area contributed by atoms with Crippen molar-refractivity contribution in [1.82, 2.24) is 13.7 Å². The zero-order valence-corrected chi connectivity index (χ0v) is 19.3. The number of hydrogen-bond donors (Lipinski definition) is 1. The van der Waals surface area contributed by atoms with Gasteiger partial charge in [-0.2, -0.15) is 8.75 Å². The van der Waals surface area contributed by atoms with Crippen LogP contribution in [0.5, 0.6) is 0 Å². The zero-order valence-electron chi connectivity index (χ0n) is 16.9. The summed E-state index contributed by atoms with van der Waals surface area (Å²) in [7, 11) is 0. The van der Waals surface area contributed by atoms with E-state index in [9.17, 15) is 9.59 Å². The average Bonchev–Trinajstić information content (AvgIpc) is 3.45. The molecule has 0 aliphatic carbocycles. The van der Waals surface area contributed by atoms with Gasteiger partial charge in [-0.25, -0.2) is 0 Å². The molecule has 0 spiro atoms. The van der Waals surface area contributed by atoms with E-state index in [1.165, 1.54) is 0 Å². The highest BCUT2D eigenvalue weighted by Crippen LogP contribution is 2.39. The summed E-state index contributed by atoms with van der Waals surface area (Å²) >= 11 is 4.42. The standard InChI is InChI=1S/C21H19N3O4S3/c1-11-13(3-4-18(26)27)7-16(29-11)15-9-22-20(21-19(15)23-31-24-21)17-8-14(12(2)30-17)5-6-28-10-25/h7-10H,3-6H2,1-2H3,(H,26,27). The molecular weight excluding hydrogens is 454 g/mol. The molecule has 0 amide bonds. The number of fused-ring (bicyclic) bond motifs is 1. The van der Waals surface area contributed by atoms with E-state index in [1.807, 2.05) is 26.1 Å². The van der Waals surface area contributed by atoms with E-state index < -0.39 is 5.97 Å². The SMILES string of the molecule is Cc1sc(-c2cnc(-c3cc(CCOC=O)c(C)s3)c3nsnc23)cc1CCC(=O)O. The highest BCUT2D eigenvalue weighted by atomic mass is 32.1. The van der Waals surface area contributed by atoms with Gasteiger partial charge < -0.3 is 9.84 Å². The zero-order chi connectivity index (χ0) is 22.0. The Morgan fingerprint density at radius 1 is 1.06 bits per heavy atom. The maximum absolute atomic E-state index is 10.9. The molecule has 1 N–H and O–H groups in total. The van der Waals surface area contributed by atoms with Crippen molar-refractivity contribution < 1.29 is 19.4 Å². The number of ether oxygens (including phenoxy) is 1. The number of carboxylic acid groups (broad SMARTS) is 1. The number of carbonyl (C=O) groups excluding carboxylic acids is 1. The summed E-state index contributed by atoms with van der Waals surface area (Å²) in [4.78, 5) is 30.3. The second-order valence-electron chi connectivity index (χ2n) is 6.98. The van der Waals surface area contributed by atoms with Gasteiger partial charge in [-0.15, -0.1) is 22.7 Å². The molecule has 10 heteroatoms. The molecule has 0 bridgehead atoms. The second-order valence-corrected chi connectivity index (χ2v) is 10.0. The minimum Gasteiger partial charge on any atom is -0.481 e. The van der Waals surface area contributed by atoms with Crippen LogP contribution in [0.2, 0.25) is 0 Å². The molecule has 4 aromatic rings. The van der Waals surface area contributed by atoms with Crippen molar-refractivity contribution in [2.24, 2.45) is 0 Å². The molecule has 0 fully saturated rings. The maximum atomic E-state index is 10.9. The molecule has 0 aromatic carbocycles. The number of hydrogen-bond acceptors (Lipinski definition) is 9. The lowest BCUT2D eigenvalue weighted by Gasteiger charge is -2.02. The molecule has 0 saturated carbocycles. The minimum atomic E-state index is -0.799. The van der Waals surface area contributed by atoms with Gasteiger partial charge in [0.05, 0.1) is 23.2 Å². The Bertz CT molecular complexity index is 1260. The van der Waals surface area contributed by atoms with Gasteiger partial charge in [0.15, 0.2) is 0 Å². The van der Waals surface area contributed by atoms with Gasteiger partial charge in [-0.1, -0.05) is 0 Å². The van der Waals surface area contributed by atoms with Crippen LogP contribution >= 0.6 is 34.4 Å². The number of aliphatic carboxylic acids is 1. The third-order valence-electron chi connectivity index (χ3n) is 5.00. The summed E-state index contributed by atoms with van der Waals surface area (Å²) in [6.45, 7) is 4.87. The van der Waals surface area contributed by atoms with Crippen molar-refractivity contribution in [1.29, 1.82) is 0 Å². The first kappa shape index (κ1) is 21.5. The van der Waals surface area contributed by atoms with Crippen LogP contribution in [0.3, 0.4) is 0 Å². The third-order valence-corrected chi connectivity index (χ3v) is 7.75. The van der Waals surface area contributed by atoms with Gasteiger partial charge in [0.2, 0.25) is 0 Å². The molecule has 0 atom stereocenters. The van der Waals surface area contributed by atoms with Crippen molar-refractivity contribution in [3.8, 4) is 21.0 Å². The molecule has 0 saturated heterocycles. The minimum absolute atomic E-state index is 0.111. The summed E-state index contributed by atoms with van der Waals surface area (Å²) in [5.41, 5.74) is 5.44. The van der Waals surface area contributed by atoms with Crippen LogP contribution in [0.15, 0.2) is 18.3 Å². The highest BCUT2D eigenvalue weighted by Gasteiger charge is 2.19. The van der Waals surface area contributed by atoms with Crippen molar-refractivity contribution >= 4 is 57.9 Å². The number of carboxylic acids is 1. The number of pyridine rings is 1. The summed E-state index contributed by atoms with van der Waals surface area (Å²) in [5.74, 6) is -0.799. The smallest absolute Gasteiger partial charge is 0.303 e. The summed E-state index contributed by atoms with van der Waals surface area (Å²) in [5, 5.41) is 8.98. The molecule has 160 valence electrons. The largest absolute Gasteiger partial charge is 0.481 e. The Kier molecular flexibility index (Phi) is 6.40. The highest BCUT2D eigenvalue weighted by molar-refractivity contribution is 7.16. The van der Waals surface area contributed by atoms with E-state index in [2.05, 4.69) is 14.8 Å². The fourth-order valence-corrected chi connectivity index (χ4v) is 6.09. The maximum Gasteiger partial charge on any atom is 0.303 e. The Morgan fingerprint density at radius 3 is 2.48 bits per heavy atom. The van der Waals surface area contributed by atoms with Crippen molar-refractivity contribution in [2.75, 3.05) is 6.61 Å². The van der Waals surface area contributed by atoms with Gasteiger partial charge in [0, 0.05) is 39.2 Å². The summed E-state index contributed by atoms with van der Waals surface area (Å²) in [6, 6.07) is 4.12. The molecule has 0 aliphatic rings. The van der Waals surface area contributed by atoms with Crippen LogP contribution in [0, 0.1) is 13.8 Å². The second kappa shape index (κ2) is 9.21. The molecule has 31 heavy (non-hydrogen) atoms. The Hall–Kier alpha value is -2.69. The van der Waals surface area contributed by atoms with E-state index in [4.69, 9.17) is 14.8 Å². The first-order valence-corrected chi connectivity index (χ1v) is 11.9. The molecule has 0 radical (unpaired) electrons. The molecule has 4 rings (SSSR count). The molecule has 4 heterocycles. The lowest BCUT2D eigenvalue weighted by Crippen LogP contribution is -1.97.